The molecule has 0 atom stereocenters. The van der Waals surface area contributed by atoms with E-state index in [0.717, 1.165) is 25.9 Å². The smallest absolute Gasteiger partial charge is 0.274 e. The molecule has 1 aromatic heterocycles. The van der Waals surface area contributed by atoms with Gasteiger partial charge in [-0.2, -0.15) is 0 Å². The van der Waals surface area contributed by atoms with Crippen molar-refractivity contribution in [1.29, 1.82) is 0 Å². The molecule has 0 saturated carbocycles. The van der Waals surface area contributed by atoms with Crippen LogP contribution in [-0.2, 0) is 16.9 Å². The molecular weight excluding hydrogens is 294 g/mol. The van der Waals surface area contributed by atoms with Crippen LogP contribution in [0.3, 0.4) is 0 Å². The summed E-state index contributed by atoms with van der Waals surface area (Å²) < 4.78 is 6.14. The lowest BCUT2D eigenvalue weighted by atomic mass is 9.84. The number of hydrogen-bond donors (Lipinski definition) is 0. The van der Waals surface area contributed by atoms with Crippen LogP contribution in [0.15, 0.2) is 42.6 Å². The molecule has 2 aromatic rings. The maximum atomic E-state index is 10.9. The lowest BCUT2D eigenvalue weighted by Gasteiger charge is -2.39. The van der Waals surface area contributed by atoms with Gasteiger partial charge in [-0.3, -0.25) is 10.1 Å². The number of hydrogen-bond acceptors (Lipinski definition) is 5. The van der Waals surface area contributed by atoms with E-state index in [1.165, 1.54) is 23.4 Å². The molecule has 0 unspecified atom stereocenters. The maximum absolute atomic E-state index is 10.9. The van der Waals surface area contributed by atoms with Crippen molar-refractivity contribution in [3.05, 3.63) is 63.8 Å². The first-order valence-electron chi connectivity index (χ1n) is 7.76. The van der Waals surface area contributed by atoms with Crippen LogP contribution in [0, 0.1) is 10.1 Å². The lowest BCUT2D eigenvalue weighted by Crippen LogP contribution is -2.42. The number of benzene rings is 1. The minimum Gasteiger partial charge on any atom is -0.365 e. The van der Waals surface area contributed by atoms with Crippen molar-refractivity contribution >= 4 is 11.5 Å². The molecule has 0 N–H and O–H groups in total. The van der Waals surface area contributed by atoms with Crippen LogP contribution in [0.1, 0.15) is 24.0 Å². The summed E-state index contributed by atoms with van der Waals surface area (Å²) in [6, 6.07) is 11.3. The summed E-state index contributed by atoms with van der Waals surface area (Å²) in [6.07, 6.45) is 3.24. The third-order valence-corrected chi connectivity index (χ3v) is 4.85. The third-order valence-electron chi connectivity index (χ3n) is 4.85. The molecule has 6 nitrogen and oxygen atoms in total. The van der Waals surface area contributed by atoms with E-state index in [9.17, 15) is 10.1 Å². The Labute approximate surface area is 133 Å². The van der Waals surface area contributed by atoms with E-state index in [2.05, 4.69) is 28.1 Å². The zero-order chi connectivity index (χ0) is 15.9. The Morgan fingerprint density at radius 1 is 1.22 bits per heavy atom. The molecule has 1 spiro atoms. The van der Waals surface area contributed by atoms with Gasteiger partial charge in [-0.15, -0.1) is 0 Å². The zero-order valence-electron chi connectivity index (χ0n) is 12.6. The van der Waals surface area contributed by atoms with Crippen LogP contribution in [0.25, 0.3) is 0 Å². The average molecular weight is 311 g/mol. The Morgan fingerprint density at radius 2 is 2.00 bits per heavy atom. The fourth-order valence-corrected chi connectivity index (χ4v) is 3.59. The second-order valence-corrected chi connectivity index (χ2v) is 6.06. The first kappa shape index (κ1) is 14.1. The predicted molar refractivity (Wildman–Crippen MR) is 85.2 cm³/mol. The monoisotopic (exact) mass is 311 g/mol. The second kappa shape index (κ2) is 5.31. The molecular formula is C17H17N3O3. The molecule has 6 heteroatoms. The van der Waals surface area contributed by atoms with Crippen LogP contribution in [0.2, 0.25) is 0 Å². The molecule has 1 saturated heterocycles. The summed E-state index contributed by atoms with van der Waals surface area (Å²) in [4.78, 5) is 16.9. The molecule has 118 valence electrons. The van der Waals surface area contributed by atoms with Crippen molar-refractivity contribution in [2.45, 2.75) is 25.0 Å². The highest BCUT2D eigenvalue weighted by Crippen LogP contribution is 2.44. The van der Waals surface area contributed by atoms with E-state index in [-0.39, 0.29) is 16.2 Å². The lowest BCUT2D eigenvalue weighted by molar-refractivity contribution is -0.384. The van der Waals surface area contributed by atoms with Crippen molar-refractivity contribution < 1.29 is 9.66 Å². The number of aromatic nitrogens is 1. The Hall–Kier alpha value is -2.47. The van der Waals surface area contributed by atoms with E-state index >= 15 is 0 Å². The van der Waals surface area contributed by atoms with Crippen molar-refractivity contribution in [1.82, 2.24) is 4.98 Å². The van der Waals surface area contributed by atoms with E-state index < -0.39 is 0 Å². The number of pyridine rings is 1. The van der Waals surface area contributed by atoms with Gasteiger partial charge in [-0.25, -0.2) is 4.98 Å². The minimum absolute atomic E-state index is 0.0812. The first-order chi connectivity index (χ1) is 11.2. The Morgan fingerprint density at radius 3 is 2.78 bits per heavy atom. The molecule has 23 heavy (non-hydrogen) atoms. The van der Waals surface area contributed by atoms with Crippen LogP contribution in [-0.4, -0.2) is 23.0 Å². The van der Waals surface area contributed by atoms with Crippen molar-refractivity contribution in [3.63, 3.8) is 0 Å². The number of anilines is 1. The van der Waals surface area contributed by atoms with Crippen molar-refractivity contribution in [2.75, 3.05) is 18.0 Å². The van der Waals surface area contributed by atoms with Gasteiger partial charge in [0.15, 0.2) is 0 Å². The molecule has 0 aliphatic carbocycles. The highest BCUT2D eigenvalue weighted by Gasteiger charge is 2.42. The van der Waals surface area contributed by atoms with Gasteiger partial charge in [0.05, 0.1) is 23.2 Å². The molecule has 1 fully saturated rings. The van der Waals surface area contributed by atoms with Crippen LogP contribution in [0.5, 0.6) is 0 Å². The average Bonchev–Trinajstić information content (AvgIpc) is 2.95. The highest BCUT2D eigenvalue weighted by molar-refractivity contribution is 5.48. The summed E-state index contributed by atoms with van der Waals surface area (Å²) in [7, 11) is 0. The topological polar surface area (TPSA) is 68.5 Å². The molecule has 1 aromatic carbocycles. The number of nitro groups is 1. The Balaban J connectivity index is 1.54. The molecule has 2 aliphatic heterocycles. The van der Waals surface area contributed by atoms with Crippen LogP contribution < -0.4 is 4.90 Å². The summed E-state index contributed by atoms with van der Waals surface area (Å²) in [5, 5.41) is 10.9. The fourth-order valence-electron chi connectivity index (χ4n) is 3.59. The molecule has 3 heterocycles. The standard InChI is InChI=1S/C17H17N3O3/c21-20(22)14-5-8-18-16(11-14)19-9-6-17(7-10-19)15-4-2-1-3-13(15)12-23-17/h1-5,8,11H,6-7,9-10,12H2. The number of rotatable bonds is 2. The number of nitrogens with zero attached hydrogens (tertiary/aromatic N) is 3. The first-order valence-corrected chi connectivity index (χ1v) is 7.76. The van der Waals surface area contributed by atoms with Gasteiger partial charge in [0.25, 0.3) is 5.69 Å². The van der Waals surface area contributed by atoms with Gasteiger partial charge in [-0.05, 0) is 24.0 Å². The summed E-state index contributed by atoms with van der Waals surface area (Å²) in [5.41, 5.74) is 2.45. The molecule has 0 bridgehead atoms. The van der Waals surface area contributed by atoms with Crippen molar-refractivity contribution in [2.24, 2.45) is 0 Å². The maximum Gasteiger partial charge on any atom is 0.274 e. The summed E-state index contributed by atoms with van der Waals surface area (Å²) in [6.45, 7) is 2.23. The number of fused-ring (bicyclic) bond motifs is 2. The zero-order valence-corrected chi connectivity index (χ0v) is 12.6. The van der Waals surface area contributed by atoms with Gasteiger partial charge in [-0.1, -0.05) is 24.3 Å². The quantitative estimate of drug-likeness (QED) is 0.630. The fraction of sp³-hybridized carbons (Fsp3) is 0.353. The van der Waals surface area contributed by atoms with E-state index in [4.69, 9.17) is 4.74 Å². The molecule has 0 amide bonds. The highest BCUT2D eigenvalue weighted by atomic mass is 16.6. The van der Waals surface area contributed by atoms with Gasteiger partial charge in [0.2, 0.25) is 0 Å². The van der Waals surface area contributed by atoms with Gasteiger partial charge in [0.1, 0.15) is 5.82 Å². The largest absolute Gasteiger partial charge is 0.365 e. The van der Waals surface area contributed by atoms with E-state index in [1.54, 1.807) is 6.07 Å². The molecule has 2 aliphatic rings. The minimum atomic E-state index is -0.382. The van der Waals surface area contributed by atoms with E-state index in [0.29, 0.717) is 12.4 Å². The van der Waals surface area contributed by atoms with Crippen LogP contribution >= 0.6 is 0 Å². The van der Waals surface area contributed by atoms with Gasteiger partial charge >= 0.3 is 0 Å². The second-order valence-electron chi connectivity index (χ2n) is 6.06. The summed E-state index contributed by atoms with van der Waals surface area (Å²) in [5.74, 6) is 0.667. The number of piperidine rings is 1. The van der Waals surface area contributed by atoms with E-state index in [1.807, 2.05) is 6.07 Å². The normalized spacial score (nSPS) is 18.9. The third kappa shape index (κ3) is 2.35. The van der Waals surface area contributed by atoms with Gasteiger partial charge in [0, 0.05) is 25.4 Å². The van der Waals surface area contributed by atoms with Gasteiger partial charge < -0.3 is 9.64 Å². The molecule has 0 radical (unpaired) electrons. The predicted octanol–water partition coefficient (Wildman–Crippen LogP) is 3.02. The number of ether oxygens (including phenoxy) is 1. The van der Waals surface area contributed by atoms with Crippen LogP contribution in [0.4, 0.5) is 11.5 Å². The summed E-state index contributed by atoms with van der Waals surface area (Å²) >= 11 is 0. The molecule has 4 rings (SSSR count). The Bertz CT molecular complexity index is 754. The Kier molecular flexibility index (Phi) is 3.27. The SMILES string of the molecule is O=[N+]([O-])c1ccnc(N2CCC3(CC2)OCc2ccccc23)c1. The van der Waals surface area contributed by atoms with Crippen molar-refractivity contribution in [3.8, 4) is 0 Å².